The van der Waals surface area contributed by atoms with Gasteiger partial charge in [-0.15, -0.1) is 0 Å². The molecule has 0 fully saturated rings. The minimum atomic E-state index is -0.218. The Morgan fingerprint density at radius 2 is 0.836 bits per heavy atom. The summed E-state index contributed by atoms with van der Waals surface area (Å²) in [5.74, 6) is 0. The maximum atomic E-state index is 6.76. The van der Waals surface area contributed by atoms with E-state index in [1.807, 2.05) is 6.07 Å². The van der Waals surface area contributed by atoms with Crippen molar-refractivity contribution in [2.75, 3.05) is 0 Å². The number of fused-ring (bicyclic) bond motifs is 13. The Balaban J connectivity index is 0.827. The number of benzene rings is 9. The second-order valence-electron chi connectivity index (χ2n) is 21.1. The van der Waals surface area contributed by atoms with Crippen LogP contribution in [0.3, 0.4) is 0 Å². The molecule has 324 valence electrons. The summed E-state index contributed by atoms with van der Waals surface area (Å²) in [7, 11) is 0. The van der Waals surface area contributed by atoms with Crippen molar-refractivity contribution in [3.05, 3.63) is 213 Å². The number of rotatable bonds is 4. The lowest BCUT2D eigenvalue weighted by atomic mass is 9.80. The van der Waals surface area contributed by atoms with Crippen LogP contribution in [0.2, 0.25) is 5.02 Å². The van der Waals surface area contributed by atoms with Crippen LogP contribution < -0.4 is 0 Å². The summed E-state index contributed by atoms with van der Waals surface area (Å²) in [5.41, 5.74) is 29.9. The average molecular weight is 884 g/mol. The Morgan fingerprint density at radius 1 is 0.358 bits per heavy atom. The zero-order chi connectivity index (χ0) is 45.9. The highest BCUT2D eigenvalue weighted by molar-refractivity contribution is 6.31. The van der Waals surface area contributed by atoms with Crippen molar-refractivity contribution in [1.29, 1.82) is 0 Å². The van der Waals surface area contributed by atoms with Crippen molar-refractivity contribution in [3.8, 4) is 77.9 Å². The summed E-state index contributed by atoms with van der Waals surface area (Å²) < 4.78 is 6.76. The van der Waals surface area contributed by atoms with Crippen LogP contribution in [-0.4, -0.2) is 0 Å². The molecule has 0 atom stereocenters. The van der Waals surface area contributed by atoms with Crippen LogP contribution in [0.25, 0.3) is 99.8 Å². The molecule has 2 heteroatoms. The molecule has 0 unspecified atom stereocenters. The normalized spacial score (nSPS) is 15.3. The van der Waals surface area contributed by atoms with Crippen molar-refractivity contribution in [2.24, 2.45) is 0 Å². The van der Waals surface area contributed by atoms with Gasteiger partial charge in [-0.25, -0.2) is 0 Å². The number of para-hydroxylation sites is 1. The van der Waals surface area contributed by atoms with Gasteiger partial charge in [0.25, 0.3) is 0 Å². The third kappa shape index (κ3) is 5.62. The van der Waals surface area contributed by atoms with E-state index in [1.54, 1.807) is 0 Å². The van der Waals surface area contributed by atoms with Crippen molar-refractivity contribution < 1.29 is 4.42 Å². The Morgan fingerprint density at radius 3 is 1.48 bits per heavy atom. The summed E-state index contributed by atoms with van der Waals surface area (Å²) in [5, 5.41) is 3.09. The lowest BCUT2D eigenvalue weighted by Gasteiger charge is -2.24. The number of furan rings is 1. The molecule has 0 N–H and O–H groups in total. The first-order chi connectivity index (χ1) is 32.2. The zero-order valence-electron chi connectivity index (χ0n) is 39.4. The molecule has 67 heavy (non-hydrogen) atoms. The molecular weight excluding hydrogens is 832 g/mol. The Bertz CT molecular complexity index is 3770. The van der Waals surface area contributed by atoms with Crippen molar-refractivity contribution >= 4 is 33.5 Å². The van der Waals surface area contributed by atoms with Crippen LogP contribution in [0.5, 0.6) is 0 Å². The monoisotopic (exact) mass is 882 g/mol. The van der Waals surface area contributed by atoms with Crippen LogP contribution >= 0.6 is 11.6 Å². The highest BCUT2D eigenvalue weighted by Gasteiger charge is 2.40. The summed E-state index contributed by atoms with van der Waals surface area (Å²) in [6, 6.07) is 61.3. The highest BCUT2D eigenvalue weighted by atomic mass is 35.5. The van der Waals surface area contributed by atoms with Crippen LogP contribution in [0, 0.1) is 13.8 Å². The Kier molecular flexibility index (Phi) is 8.32. The fourth-order valence-corrected chi connectivity index (χ4v) is 12.8. The molecular formula is C65H51ClO. The fraction of sp³-hybridized carbons (Fsp3) is 0.169. The second-order valence-corrected chi connectivity index (χ2v) is 21.5. The highest BCUT2D eigenvalue weighted by Crippen LogP contribution is 2.56. The molecule has 0 spiro atoms. The molecule has 0 bridgehead atoms. The topological polar surface area (TPSA) is 13.1 Å². The van der Waals surface area contributed by atoms with Crippen molar-refractivity contribution in [3.63, 3.8) is 0 Å². The van der Waals surface area contributed by atoms with E-state index in [2.05, 4.69) is 213 Å². The van der Waals surface area contributed by atoms with Gasteiger partial charge in [-0.1, -0.05) is 174 Å². The van der Waals surface area contributed by atoms with Crippen LogP contribution in [0.4, 0.5) is 0 Å². The maximum Gasteiger partial charge on any atom is 0.143 e. The third-order valence-corrected chi connectivity index (χ3v) is 16.4. The van der Waals surface area contributed by atoms with Gasteiger partial charge in [0.05, 0.1) is 0 Å². The van der Waals surface area contributed by atoms with Gasteiger partial charge in [-0.05, 0) is 173 Å². The van der Waals surface area contributed by atoms with Crippen LogP contribution in [0.15, 0.2) is 168 Å². The smallest absolute Gasteiger partial charge is 0.143 e. The number of hydrogen-bond acceptors (Lipinski definition) is 1. The molecule has 10 aromatic rings. The maximum absolute atomic E-state index is 6.76. The largest absolute Gasteiger partial charge is 0.455 e. The summed E-state index contributed by atoms with van der Waals surface area (Å²) in [6.45, 7) is 18.7. The van der Waals surface area contributed by atoms with Gasteiger partial charge >= 0.3 is 0 Å². The number of halogens is 1. The lowest BCUT2D eigenvalue weighted by molar-refractivity contribution is 0.657. The van der Waals surface area contributed by atoms with E-state index in [1.165, 1.54) is 117 Å². The molecule has 3 aliphatic carbocycles. The first-order valence-corrected chi connectivity index (χ1v) is 24.1. The molecule has 0 radical (unpaired) electrons. The Hall–Kier alpha value is -6.93. The number of aryl methyl sites for hydroxylation is 2. The van der Waals surface area contributed by atoms with Gasteiger partial charge in [0.2, 0.25) is 0 Å². The molecule has 1 nitrogen and oxygen atoms in total. The van der Waals surface area contributed by atoms with Gasteiger partial charge in [0.15, 0.2) is 0 Å². The van der Waals surface area contributed by atoms with Crippen molar-refractivity contribution in [2.45, 2.75) is 71.6 Å². The van der Waals surface area contributed by atoms with E-state index in [0.29, 0.717) is 0 Å². The van der Waals surface area contributed by atoms with E-state index in [4.69, 9.17) is 16.0 Å². The van der Waals surface area contributed by atoms with Gasteiger partial charge in [-0.2, -0.15) is 0 Å². The van der Waals surface area contributed by atoms with Gasteiger partial charge < -0.3 is 4.42 Å². The predicted octanol–water partition coefficient (Wildman–Crippen LogP) is 18.4. The van der Waals surface area contributed by atoms with Crippen LogP contribution in [0.1, 0.15) is 86.1 Å². The van der Waals surface area contributed by atoms with E-state index < -0.39 is 0 Å². The average Bonchev–Trinajstić information content (AvgIpc) is 3.97. The van der Waals surface area contributed by atoms with E-state index in [-0.39, 0.29) is 16.2 Å². The first kappa shape index (κ1) is 40.4. The minimum absolute atomic E-state index is 0.0280. The molecule has 0 saturated heterocycles. The standard InChI is InChI=1S/C65H51ClO/c1-36-29-43(42-23-27-48-47-26-22-41(32-54(47)64(5,6)55(48)33-42)40-21-25-46-45-13-9-11-15-52(45)63(3,4)53(46)31-40)30-37(2)59(36)39-19-17-38(18-20-39)51-35-57-60(49-28-24-44(66)34-56(49)65(57,7)8)61-50-14-10-12-16-58(50)67-62(51)61/h9-35H,1-8H3. The van der Waals surface area contributed by atoms with E-state index in [9.17, 15) is 0 Å². The first-order valence-electron chi connectivity index (χ1n) is 23.8. The summed E-state index contributed by atoms with van der Waals surface area (Å²) in [6.07, 6.45) is 0. The van der Waals surface area contributed by atoms with Crippen LogP contribution in [-0.2, 0) is 16.2 Å². The molecule has 13 rings (SSSR count). The minimum Gasteiger partial charge on any atom is -0.455 e. The predicted molar refractivity (Wildman–Crippen MR) is 283 cm³/mol. The molecule has 3 aliphatic rings. The van der Waals surface area contributed by atoms with Gasteiger partial charge in [-0.3, -0.25) is 0 Å². The SMILES string of the molecule is Cc1cc(-c2ccc3c(c2)C(C)(C)c2cc(-c4ccc5c(c4)C(C)(C)c4ccccc4-5)ccc2-3)cc(C)c1-c1ccc(-c2cc3c(c4c2oc2ccccc24)-c2ccc(Cl)cc2C3(C)C)cc1. The fourth-order valence-electron chi connectivity index (χ4n) is 12.7. The molecule has 1 heterocycles. The molecule has 1 aromatic heterocycles. The zero-order valence-corrected chi connectivity index (χ0v) is 40.1. The molecule has 9 aromatic carbocycles. The van der Waals surface area contributed by atoms with Gasteiger partial charge in [0, 0.05) is 37.6 Å². The Labute approximate surface area is 398 Å². The molecule has 0 aliphatic heterocycles. The third-order valence-electron chi connectivity index (χ3n) is 16.2. The van der Waals surface area contributed by atoms with Crippen molar-refractivity contribution in [1.82, 2.24) is 0 Å². The number of hydrogen-bond donors (Lipinski definition) is 0. The van der Waals surface area contributed by atoms with E-state index >= 15 is 0 Å². The lowest BCUT2D eigenvalue weighted by Crippen LogP contribution is -2.15. The van der Waals surface area contributed by atoms with Gasteiger partial charge in [0.1, 0.15) is 11.2 Å². The summed E-state index contributed by atoms with van der Waals surface area (Å²) >= 11 is 6.61. The van der Waals surface area contributed by atoms with E-state index in [0.717, 1.165) is 32.7 Å². The quantitative estimate of drug-likeness (QED) is 0.172. The second kappa shape index (κ2) is 13.8. The molecule has 0 amide bonds. The summed E-state index contributed by atoms with van der Waals surface area (Å²) in [4.78, 5) is 0. The molecule has 0 saturated carbocycles.